The summed E-state index contributed by atoms with van der Waals surface area (Å²) in [5.41, 5.74) is 0. The van der Waals surface area contributed by atoms with Gasteiger partial charge in [0.05, 0.1) is 6.42 Å². The molecule has 0 aromatic heterocycles. The van der Waals surface area contributed by atoms with E-state index in [1.54, 1.807) is 6.08 Å². The first kappa shape index (κ1) is 5.03. The first-order valence-electron chi connectivity index (χ1n) is 2.26. The molecule has 0 unspecified atom stereocenters. The number of carbonyl (C=O) groups is 1. The Hall–Kier alpha value is -1.12. The fourth-order valence-electron chi connectivity index (χ4n) is 0.382. The lowest BCUT2D eigenvalue weighted by molar-refractivity contribution is -0.133. The lowest BCUT2D eigenvalue weighted by Crippen LogP contribution is -1.97. The first-order valence-corrected chi connectivity index (χ1v) is 2.26. The molecule has 0 bridgehead atoms. The summed E-state index contributed by atoms with van der Waals surface area (Å²) in [6.07, 6.45) is 4.63. The van der Waals surface area contributed by atoms with E-state index in [0.717, 1.165) is 6.40 Å². The van der Waals surface area contributed by atoms with Crippen LogP contribution in [0.15, 0.2) is 17.3 Å². The molecule has 1 heterocycles. The Morgan fingerprint density at radius 2 is 2.62 bits per heavy atom. The molecule has 0 spiro atoms. The van der Waals surface area contributed by atoms with E-state index in [9.17, 15) is 4.79 Å². The fourth-order valence-corrected chi connectivity index (χ4v) is 0.382. The lowest BCUT2D eigenvalue weighted by atomic mass is 10.4. The average molecular weight is 111 g/mol. The molecule has 42 valence electrons. The van der Waals surface area contributed by atoms with E-state index >= 15 is 0 Å². The molecule has 1 rings (SSSR count). The molecule has 8 heavy (non-hydrogen) atoms. The highest BCUT2D eigenvalue weighted by molar-refractivity contribution is 5.79. The van der Waals surface area contributed by atoms with Crippen molar-refractivity contribution in [2.45, 2.75) is 6.42 Å². The van der Waals surface area contributed by atoms with E-state index in [4.69, 9.17) is 0 Å². The predicted octanol–water partition coefficient (Wildman–Crippen LogP) is 0.475. The number of rotatable bonds is 0. The highest BCUT2D eigenvalue weighted by atomic mass is 16.5. The summed E-state index contributed by atoms with van der Waals surface area (Å²) in [4.78, 5) is 13.9. The second-order valence-corrected chi connectivity index (χ2v) is 1.33. The predicted molar refractivity (Wildman–Crippen MR) is 28.3 cm³/mol. The Morgan fingerprint density at radius 3 is 3.50 bits per heavy atom. The molecule has 3 nitrogen and oxygen atoms in total. The number of ether oxygens (including phenoxy) is 1. The lowest BCUT2D eigenvalue weighted by Gasteiger charge is -1.86. The first-order chi connectivity index (χ1) is 3.89. The molecule has 0 fully saturated rings. The van der Waals surface area contributed by atoms with Gasteiger partial charge in [0.1, 0.15) is 0 Å². The number of carbonyl (C=O) groups excluding carboxylic acids is 1. The quantitative estimate of drug-likeness (QED) is 0.426. The minimum Gasteiger partial charge on any atom is -0.414 e. The SMILES string of the molecule is O=C1CC=CN=CO1. The van der Waals surface area contributed by atoms with E-state index in [1.807, 2.05) is 0 Å². The van der Waals surface area contributed by atoms with Gasteiger partial charge in [-0.05, 0) is 0 Å². The smallest absolute Gasteiger partial charge is 0.315 e. The van der Waals surface area contributed by atoms with Gasteiger partial charge in [0.25, 0.3) is 0 Å². The maximum absolute atomic E-state index is 10.3. The summed E-state index contributed by atoms with van der Waals surface area (Å²) in [6.45, 7) is 0. The summed E-state index contributed by atoms with van der Waals surface area (Å²) in [5, 5.41) is 0. The van der Waals surface area contributed by atoms with Crippen LogP contribution in [0.2, 0.25) is 0 Å². The van der Waals surface area contributed by atoms with Gasteiger partial charge in [0.15, 0.2) is 6.40 Å². The molecule has 0 aromatic rings. The molecule has 0 N–H and O–H groups in total. The van der Waals surface area contributed by atoms with Crippen LogP contribution < -0.4 is 0 Å². The third kappa shape index (κ3) is 1.18. The molecule has 0 aromatic carbocycles. The maximum atomic E-state index is 10.3. The van der Waals surface area contributed by atoms with E-state index in [-0.39, 0.29) is 5.97 Å². The zero-order valence-electron chi connectivity index (χ0n) is 4.20. The number of aliphatic imine (C=N–C) groups is 1. The number of esters is 1. The van der Waals surface area contributed by atoms with Crippen molar-refractivity contribution in [2.75, 3.05) is 0 Å². The van der Waals surface area contributed by atoms with Crippen LogP contribution >= 0.6 is 0 Å². The highest BCUT2D eigenvalue weighted by Gasteiger charge is 1.97. The van der Waals surface area contributed by atoms with Gasteiger partial charge in [-0.3, -0.25) is 4.79 Å². The summed E-state index contributed by atoms with van der Waals surface area (Å²) >= 11 is 0. The highest BCUT2D eigenvalue weighted by Crippen LogP contribution is 1.91. The van der Waals surface area contributed by atoms with Crippen molar-refractivity contribution in [3.05, 3.63) is 12.3 Å². The molecule has 3 heteroatoms. The van der Waals surface area contributed by atoms with Gasteiger partial charge in [0.2, 0.25) is 0 Å². The van der Waals surface area contributed by atoms with Crippen LogP contribution in [0, 0.1) is 0 Å². The van der Waals surface area contributed by atoms with E-state index < -0.39 is 0 Å². The van der Waals surface area contributed by atoms with Crippen LogP contribution in [0.1, 0.15) is 6.42 Å². The van der Waals surface area contributed by atoms with Gasteiger partial charge in [-0.15, -0.1) is 0 Å². The van der Waals surface area contributed by atoms with E-state index in [0.29, 0.717) is 6.42 Å². The van der Waals surface area contributed by atoms with Crippen LogP contribution in [0.5, 0.6) is 0 Å². The third-order valence-electron chi connectivity index (χ3n) is 0.721. The van der Waals surface area contributed by atoms with Crippen LogP contribution in [-0.4, -0.2) is 12.4 Å². The van der Waals surface area contributed by atoms with Gasteiger partial charge in [-0.25, -0.2) is 4.99 Å². The van der Waals surface area contributed by atoms with Gasteiger partial charge >= 0.3 is 5.97 Å². The maximum Gasteiger partial charge on any atom is 0.315 e. The van der Waals surface area contributed by atoms with E-state index in [1.165, 1.54) is 6.20 Å². The Labute approximate surface area is 46.7 Å². The van der Waals surface area contributed by atoms with Crippen LogP contribution in [0.4, 0.5) is 0 Å². The standard InChI is InChI=1S/C5H5NO2/c7-5-2-1-3-6-4-8-5/h1,3-4H,2H2. The third-order valence-corrected chi connectivity index (χ3v) is 0.721. The fraction of sp³-hybridized carbons (Fsp3) is 0.200. The number of hydrogen-bond acceptors (Lipinski definition) is 3. The van der Waals surface area contributed by atoms with Crippen LogP contribution in [0.3, 0.4) is 0 Å². The largest absolute Gasteiger partial charge is 0.414 e. The molecule has 1 aliphatic rings. The molecule has 0 saturated heterocycles. The second-order valence-electron chi connectivity index (χ2n) is 1.33. The van der Waals surface area contributed by atoms with Gasteiger partial charge < -0.3 is 4.74 Å². The number of nitrogens with zero attached hydrogens (tertiary/aromatic N) is 1. The Bertz CT molecular complexity index is 133. The molecular formula is C5H5NO2. The molecule has 0 saturated carbocycles. The Morgan fingerprint density at radius 1 is 1.75 bits per heavy atom. The van der Waals surface area contributed by atoms with Crippen molar-refractivity contribution in [1.82, 2.24) is 0 Å². The number of cyclic esters (lactones) is 1. The molecule has 0 amide bonds. The molecule has 0 atom stereocenters. The van der Waals surface area contributed by atoms with Crippen molar-refractivity contribution in [2.24, 2.45) is 4.99 Å². The van der Waals surface area contributed by atoms with Crippen molar-refractivity contribution < 1.29 is 9.53 Å². The van der Waals surface area contributed by atoms with Gasteiger partial charge in [-0.2, -0.15) is 0 Å². The normalized spacial score (nSPS) is 17.8. The minimum absolute atomic E-state index is 0.262. The van der Waals surface area contributed by atoms with E-state index in [2.05, 4.69) is 9.73 Å². The summed E-state index contributed by atoms with van der Waals surface area (Å²) in [7, 11) is 0. The Balaban J connectivity index is 2.58. The van der Waals surface area contributed by atoms with Crippen LogP contribution in [-0.2, 0) is 9.53 Å². The second kappa shape index (κ2) is 2.26. The zero-order valence-corrected chi connectivity index (χ0v) is 4.20. The summed E-state index contributed by atoms with van der Waals surface area (Å²) < 4.78 is 4.41. The van der Waals surface area contributed by atoms with Crippen LogP contribution in [0.25, 0.3) is 0 Å². The summed E-state index contributed by atoms with van der Waals surface area (Å²) in [6, 6.07) is 0. The number of hydrogen-bond donors (Lipinski definition) is 0. The summed E-state index contributed by atoms with van der Waals surface area (Å²) in [5.74, 6) is -0.262. The van der Waals surface area contributed by atoms with Crippen molar-refractivity contribution in [3.63, 3.8) is 0 Å². The van der Waals surface area contributed by atoms with Crippen molar-refractivity contribution in [3.8, 4) is 0 Å². The molecule has 0 aliphatic carbocycles. The monoisotopic (exact) mass is 111 g/mol. The zero-order chi connectivity index (χ0) is 5.82. The van der Waals surface area contributed by atoms with Crippen molar-refractivity contribution >= 4 is 12.4 Å². The minimum atomic E-state index is -0.262. The topological polar surface area (TPSA) is 38.7 Å². The van der Waals surface area contributed by atoms with Gasteiger partial charge in [0, 0.05) is 6.20 Å². The van der Waals surface area contributed by atoms with Gasteiger partial charge in [-0.1, -0.05) is 6.08 Å². The Kier molecular flexibility index (Phi) is 1.42. The molecule has 1 aliphatic heterocycles. The molecule has 0 radical (unpaired) electrons. The molecular weight excluding hydrogens is 106 g/mol. The van der Waals surface area contributed by atoms with Crippen molar-refractivity contribution in [1.29, 1.82) is 0 Å². The average Bonchev–Trinajstić information content (AvgIpc) is 1.94.